The number of hydrogen-bond acceptors (Lipinski definition) is 3. The van der Waals surface area contributed by atoms with Crippen molar-refractivity contribution in [2.75, 3.05) is 13.7 Å². The molecule has 0 atom stereocenters. The fourth-order valence-electron chi connectivity index (χ4n) is 3.21. The lowest BCUT2D eigenvalue weighted by atomic mass is 10.2. The Balaban J connectivity index is 1.46. The van der Waals surface area contributed by atoms with Gasteiger partial charge in [0.15, 0.2) is 0 Å². The van der Waals surface area contributed by atoms with Crippen molar-refractivity contribution in [2.45, 2.75) is 13.5 Å². The van der Waals surface area contributed by atoms with Crippen LogP contribution in [-0.2, 0) is 6.54 Å². The van der Waals surface area contributed by atoms with Gasteiger partial charge in [0, 0.05) is 30.1 Å². The standard InChI is InChI=1S/C20H20N4O2/c1-13-22-16-5-3-4-6-19(16)24(13)10-9-21-20(25)18-11-14-7-8-15(26-2)12-17(14)23-18/h3-8,11-12,23H,9-10H2,1-2H3,(H,21,25). The summed E-state index contributed by atoms with van der Waals surface area (Å²) >= 11 is 0. The van der Waals surface area contributed by atoms with Gasteiger partial charge < -0.3 is 19.6 Å². The fraction of sp³-hybridized carbons (Fsp3) is 0.200. The molecule has 4 rings (SSSR count). The summed E-state index contributed by atoms with van der Waals surface area (Å²) in [6.07, 6.45) is 0. The van der Waals surface area contributed by atoms with Crippen LogP contribution in [0.4, 0.5) is 0 Å². The summed E-state index contributed by atoms with van der Waals surface area (Å²) in [7, 11) is 1.62. The van der Waals surface area contributed by atoms with Gasteiger partial charge in [0.05, 0.1) is 18.1 Å². The number of aromatic amines is 1. The molecule has 0 radical (unpaired) electrons. The SMILES string of the molecule is COc1ccc2cc(C(=O)NCCn3c(C)nc4ccccc43)[nH]c2c1. The van der Waals surface area contributed by atoms with Crippen LogP contribution in [0.3, 0.4) is 0 Å². The Labute approximate surface area is 150 Å². The van der Waals surface area contributed by atoms with Crippen LogP contribution >= 0.6 is 0 Å². The van der Waals surface area contributed by atoms with Crippen molar-refractivity contribution < 1.29 is 9.53 Å². The maximum Gasteiger partial charge on any atom is 0.267 e. The first kappa shape index (κ1) is 16.2. The van der Waals surface area contributed by atoms with Crippen molar-refractivity contribution in [3.63, 3.8) is 0 Å². The second-order valence-corrected chi connectivity index (χ2v) is 6.19. The van der Waals surface area contributed by atoms with Crippen molar-refractivity contribution in [1.29, 1.82) is 0 Å². The molecule has 0 aliphatic carbocycles. The van der Waals surface area contributed by atoms with Crippen LogP contribution in [0.15, 0.2) is 48.5 Å². The van der Waals surface area contributed by atoms with Gasteiger partial charge >= 0.3 is 0 Å². The van der Waals surface area contributed by atoms with E-state index in [4.69, 9.17) is 4.74 Å². The average molecular weight is 348 g/mol. The summed E-state index contributed by atoms with van der Waals surface area (Å²) in [5.41, 5.74) is 3.48. The molecule has 0 unspecified atom stereocenters. The average Bonchev–Trinajstić information content (AvgIpc) is 3.22. The Morgan fingerprint density at radius 3 is 2.92 bits per heavy atom. The molecule has 6 heteroatoms. The molecular formula is C20H20N4O2. The zero-order chi connectivity index (χ0) is 18.1. The number of amides is 1. The molecule has 2 heterocycles. The van der Waals surface area contributed by atoms with Crippen LogP contribution in [-0.4, -0.2) is 34.1 Å². The van der Waals surface area contributed by atoms with Crippen LogP contribution in [0.2, 0.25) is 0 Å². The molecule has 4 aromatic rings. The van der Waals surface area contributed by atoms with Gasteiger partial charge in [-0.15, -0.1) is 0 Å². The van der Waals surface area contributed by atoms with E-state index in [0.29, 0.717) is 18.8 Å². The first-order valence-electron chi connectivity index (χ1n) is 8.52. The zero-order valence-electron chi connectivity index (χ0n) is 14.7. The molecule has 0 saturated heterocycles. The molecule has 1 amide bonds. The number of para-hydroxylation sites is 2. The molecule has 0 aliphatic rings. The summed E-state index contributed by atoms with van der Waals surface area (Å²) in [5, 5.41) is 3.95. The van der Waals surface area contributed by atoms with Crippen molar-refractivity contribution in [1.82, 2.24) is 19.9 Å². The molecule has 2 aromatic heterocycles. The molecule has 0 fully saturated rings. The molecule has 26 heavy (non-hydrogen) atoms. The minimum atomic E-state index is -0.123. The molecular weight excluding hydrogens is 328 g/mol. The quantitative estimate of drug-likeness (QED) is 0.581. The lowest BCUT2D eigenvalue weighted by Crippen LogP contribution is -2.27. The van der Waals surface area contributed by atoms with Gasteiger partial charge in [-0.25, -0.2) is 4.98 Å². The van der Waals surface area contributed by atoms with Gasteiger partial charge in [0.25, 0.3) is 5.91 Å². The number of nitrogens with one attached hydrogen (secondary N) is 2. The summed E-state index contributed by atoms with van der Waals surface area (Å²) in [6, 6.07) is 15.6. The first-order valence-corrected chi connectivity index (χ1v) is 8.52. The van der Waals surface area contributed by atoms with Crippen LogP contribution in [0.1, 0.15) is 16.3 Å². The van der Waals surface area contributed by atoms with E-state index in [0.717, 1.165) is 33.5 Å². The van der Waals surface area contributed by atoms with Gasteiger partial charge in [-0.1, -0.05) is 12.1 Å². The number of aromatic nitrogens is 3. The van der Waals surface area contributed by atoms with Gasteiger partial charge in [-0.05, 0) is 37.3 Å². The fourth-order valence-corrected chi connectivity index (χ4v) is 3.21. The van der Waals surface area contributed by atoms with Crippen LogP contribution in [0.5, 0.6) is 5.75 Å². The van der Waals surface area contributed by atoms with E-state index in [1.54, 1.807) is 7.11 Å². The number of ether oxygens (including phenoxy) is 1. The predicted octanol–water partition coefficient (Wildman–Crippen LogP) is 3.26. The van der Waals surface area contributed by atoms with E-state index < -0.39 is 0 Å². The second kappa shape index (κ2) is 6.55. The van der Waals surface area contributed by atoms with E-state index in [-0.39, 0.29) is 5.91 Å². The van der Waals surface area contributed by atoms with E-state index in [1.165, 1.54) is 0 Å². The van der Waals surface area contributed by atoms with Gasteiger partial charge in [0.2, 0.25) is 0 Å². The number of fused-ring (bicyclic) bond motifs is 2. The molecule has 2 N–H and O–H groups in total. The minimum Gasteiger partial charge on any atom is -0.497 e. The summed E-state index contributed by atoms with van der Waals surface area (Å²) in [6.45, 7) is 3.18. The zero-order valence-corrected chi connectivity index (χ0v) is 14.7. The van der Waals surface area contributed by atoms with Crippen molar-refractivity contribution >= 4 is 27.8 Å². The molecule has 0 bridgehead atoms. The Hall–Kier alpha value is -3.28. The maximum atomic E-state index is 12.4. The molecule has 2 aromatic carbocycles. The van der Waals surface area contributed by atoms with E-state index >= 15 is 0 Å². The number of H-pyrrole nitrogens is 1. The predicted molar refractivity (Wildman–Crippen MR) is 102 cm³/mol. The third-order valence-electron chi connectivity index (χ3n) is 4.54. The Morgan fingerprint density at radius 1 is 1.23 bits per heavy atom. The number of aryl methyl sites for hydroxylation is 1. The minimum absolute atomic E-state index is 0.123. The summed E-state index contributed by atoms with van der Waals surface area (Å²) < 4.78 is 7.33. The number of imidazole rings is 1. The number of carbonyl (C=O) groups is 1. The van der Waals surface area contributed by atoms with Crippen molar-refractivity contribution in [2.24, 2.45) is 0 Å². The van der Waals surface area contributed by atoms with Gasteiger partial charge in [0.1, 0.15) is 17.3 Å². The van der Waals surface area contributed by atoms with E-state index in [9.17, 15) is 4.79 Å². The summed E-state index contributed by atoms with van der Waals surface area (Å²) in [5.74, 6) is 1.58. The molecule has 0 saturated carbocycles. The number of methoxy groups -OCH3 is 1. The first-order chi connectivity index (χ1) is 12.7. The Bertz CT molecular complexity index is 1090. The number of hydrogen-bond donors (Lipinski definition) is 2. The topological polar surface area (TPSA) is 71.9 Å². The number of carbonyl (C=O) groups excluding carboxylic acids is 1. The molecule has 6 nitrogen and oxygen atoms in total. The third kappa shape index (κ3) is 2.90. The van der Waals surface area contributed by atoms with E-state index in [2.05, 4.69) is 19.9 Å². The molecule has 0 spiro atoms. The lowest BCUT2D eigenvalue weighted by molar-refractivity contribution is 0.0948. The van der Waals surface area contributed by atoms with Gasteiger partial charge in [-0.2, -0.15) is 0 Å². The van der Waals surface area contributed by atoms with Crippen LogP contribution in [0, 0.1) is 6.92 Å². The molecule has 132 valence electrons. The lowest BCUT2D eigenvalue weighted by Gasteiger charge is -2.08. The Morgan fingerprint density at radius 2 is 2.08 bits per heavy atom. The maximum absolute atomic E-state index is 12.4. The van der Waals surface area contributed by atoms with Crippen LogP contribution < -0.4 is 10.1 Å². The highest BCUT2D eigenvalue weighted by Gasteiger charge is 2.11. The monoisotopic (exact) mass is 348 g/mol. The normalized spacial score (nSPS) is 11.2. The summed E-state index contributed by atoms with van der Waals surface area (Å²) in [4.78, 5) is 20.1. The number of rotatable bonds is 5. The Kier molecular flexibility index (Phi) is 4.08. The van der Waals surface area contributed by atoms with E-state index in [1.807, 2.05) is 55.5 Å². The third-order valence-corrected chi connectivity index (χ3v) is 4.54. The highest BCUT2D eigenvalue weighted by molar-refractivity contribution is 5.98. The highest BCUT2D eigenvalue weighted by atomic mass is 16.5. The second-order valence-electron chi connectivity index (χ2n) is 6.19. The number of benzene rings is 2. The largest absolute Gasteiger partial charge is 0.497 e. The van der Waals surface area contributed by atoms with Crippen molar-refractivity contribution in [3.8, 4) is 5.75 Å². The van der Waals surface area contributed by atoms with Crippen LogP contribution in [0.25, 0.3) is 21.9 Å². The highest BCUT2D eigenvalue weighted by Crippen LogP contribution is 2.21. The van der Waals surface area contributed by atoms with Gasteiger partial charge in [-0.3, -0.25) is 4.79 Å². The smallest absolute Gasteiger partial charge is 0.267 e. The number of nitrogens with zero attached hydrogens (tertiary/aromatic N) is 2. The van der Waals surface area contributed by atoms with Crippen molar-refractivity contribution in [3.05, 3.63) is 60.0 Å². The molecule has 0 aliphatic heterocycles.